The van der Waals surface area contributed by atoms with Crippen molar-refractivity contribution in [1.29, 1.82) is 0 Å². The van der Waals surface area contributed by atoms with E-state index in [0.717, 1.165) is 6.39 Å². The summed E-state index contributed by atoms with van der Waals surface area (Å²) < 4.78 is 4.99. The molecule has 0 spiro atoms. The van der Waals surface area contributed by atoms with E-state index in [1.807, 2.05) is 0 Å². The Kier molecular flexibility index (Phi) is 3.66. The van der Waals surface area contributed by atoms with E-state index in [9.17, 15) is 4.79 Å². The van der Waals surface area contributed by atoms with Gasteiger partial charge in [0.2, 0.25) is 0 Å². The average molecular weight is 198 g/mol. The van der Waals surface area contributed by atoms with E-state index in [-0.39, 0.29) is 30.3 Å². The molecule has 0 aliphatic rings. The average Bonchev–Trinajstić information content (AvgIpc) is 2.67. The molecule has 0 radical (unpaired) electrons. The molecule has 0 saturated heterocycles. The van der Waals surface area contributed by atoms with Crippen molar-refractivity contribution in [3.8, 4) is 11.3 Å². The Balaban J connectivity index is 0.00000112. The molecule has 0 saturated carbocycles. The van der Waals surface area contributed by atoms with Crippen LogP contribution in [0.25, 0.3) is 11.3 Å². The van der Waals surface area contributed by atoms with Crippen LogP contribution < -0.4 is 0 Å². The van der Waals surface area contributed by atoms with E-state index in [1.165, 1.54) is 0 Å². The maximum atomic E-state index is 10.7. The third-order valence-corrected chi connectivity index (χ3v) is 1.71. The Morgan fingerprint density at radius 3 is 2.60 bits per heavy atom. The minimum atomic E-state index is -1.11. The van der Waals surface area contributed by atoms with Gasteiger partial charge in [0.1, 0.15) is 0 Å². The molecular weight excluding hydrogens is 191 g/mol. The van der Waals surface area contributed by atoms with Crippen LogP contribution in [0, 0.1) is 0 Å². The molecule has 72 valence electrons. The number of carboxylic acid groups (broad SMARTS) is 1. The number of rotatable bonds is 2. The van der Waals surface area contributed by atoms with E-state index < -0.39 is 5.97 Å². The van der Waals surface area contributed by atoms with Crippen molar-refractivity contribution in [2.75, 3.05) is 0 Å². The first kappa shape index (κ1) is 11.5. The van der Waals surface area contributed by atoms with Crippen LogP contribution in [0.2, 0.25) is 0 Å². The third kappa shape index (κ3) is 2.26. The number of carbonyl (C=O) groups is 1. The summed E-state index contributed by atoms with van der Waals surface area (Å²) in [5, 5.41) is 8.78. The van der Waals surface area contributed by atoms with Gasteiger partial charge < -0.3 is 9.52 Å². The number of hydrogen-bond donors (Lipinski definition) is 1. The molecule has 2 aromatic rings. The number of aromatic nitrogens is 2. The van der Waals surface area contributed by atoms with Gasteiger partial charge in [-0.2, -0.15) is 0 Å². The normalized spacial score (nSPS) is 9.33. The predicted molar refractivity (Wildman–Crippen MR) is 53.8 cm³/mol. The van der Waals surface area contributed by atoms with E-state index in [1.54, 1.807) is 24.5 Å². The fourth-order valence-corrected chi connectivity index (χ4v) is 1.11. The van der Waals surface area contributed by atoms with Crippen LogP contribution in [0.4, 0.5) is 0 Å². The number of pyridine rings is 1. The van der Waals surface area contributed by atoms with Crippen molar-refractivity contribution in [2.24, 2.45) is 0 Å². The zero-order valence-corrected chi connectivity index (χ0v) is 7.04. The zero-order valence-electron chi connectivity index (χ0n) is 7.04. The number of nitrogens with zero attached hydrogens (tertiary/aromatic N) is 2. The van der Waals surface area contributed by atoms with Gasteiger partial charge in [-0.1, -0.05) is 0 Å². The Hall–Kier alpha value is -1.57. The predicted octanol–water partition coefficient (Wildman–Crippen LogP) is 0.786. The van der Waals surface area contributed by atoms with Gasteiger partial charge in [0.05, 0.1) is 0 Å². The Bertz CT molecular complexity index is 455. The van der Waals surface area contributed by atoms with Crippen molar-refractivity contribution in [3.05, 3.63) is 36.6 Å². The molecule has 2 heterocycles. The molecule has 6 heteroatoms. The molecule has 15 heavy (non-hydrogen) atoms. The first-order chi connectivity index (χ1) is 6.79. The first-order valence-electron chi connectivity index (χ1n) is 3.86. The number of oxazole rings is 1. The summed E-state index contributed by atoms with van der Waals surface area (Å²) in [7, 11) is 0. The van der Waals surface area contributed by atoms with Crippen molar-refractivity contribution in [1.82, 2.24) is 9.97 Å². The summed E-state index contributed by atoms with van der Waals surface area (Å²) in [6, 6.07) is 3.32. The van der Waals surface area contributed by atoms with E-state index in [4.69, 9.17) is 9.52 Å². The fourth-order valence-electron chi connectivity index (χ4n) is 1.11. The second kappa shape index (κ2) is 4.78. The van der Waals surface area contributed by atoms with E-state index >= 15 is 0 Å². The topological polar surface area (TPSA) is 76.2 Å². The van der Waals surface area contributed by atoms with Crippen LogP contribution in [-0.4, -0.2) is 39.9 Å². The molecule has 0 fully saturated rings. The van der Waals surface area contributed by atoms with Crippen LogP contribution in [0.5, 0.6) is 0 Å². The number of aromatic carboxylic acids is 1. The molecule has 0 aliphatic heterocycles. The van der Waals surface area contributed by atoms with Crippen LogP contribution in [0.15, 0.2) is 35.3 Å². The summed E-state index contributed by atoms with van der Waals surface area (Å²) in [6.45, 7) is 0. The maximum absolute atomic E-state index is 10.7. The molecule has 2 aromatic heterocycles. The van der Waals surface area contributed by atoms with Crippen molar-refractivity contribution < 1.29 is 14.3 Å². The quantitative estimate of drug-likeness (QED) is 0.721. The molecule has 0 bridgehead atoms. The monoisotopic (exact) mass is 198 g/mol. The summed E-state index contributed by atoms with van der Waals surface area (Å²) >= 11 is 0. The summed E-state index contributed by atoms with van der Waals surface area (Å²) in [5.74, 6) is -0.856. The SMILES string of the molecule is O=C(O)c1ncoc1-c1ccncc1.[LiH]. The zero-order chi connectivity index (χ0) is 9.97. The molecule has 0 aromatic carbocycles. The second-order valence-corrected chi connectivity index (χ2v) is 2.57. The molecule has 0 aliphatic carbocycles. The first-order valence-corrected chi connectivity index (χ1v) is 3.86. The molecule has 5 nitrogen and oxygen atoms in total. The van der Waals surface area contributed by atoms with E-state index in [2.05, 4.69) is 9.97 Å². The van der Waals surface area contributed by atoms with Crippen LogP contribution >= 0.6 is 0 Å². The van der Waals surface area contributed by atoms with Gasteiger partial charge in [-0.15, -0.1) is 0 Å². The molecule has 0 unspecified atom stereocenters. The Morgan fingerprint density at radius 2 is 2.00 bits per heavy atom. The second-order valence-electron chi connectivity index (χ2n) is 2.57. The Morgan fingerprint density at radius 1 is 1.33 bits per heavy atom. The summed E-state index contributed by atoms with van der Waals surface area (Å²) in [5.41, 5.74) is 0.561. The molecule has 2 rings (SSSR count). The summed E-state index contributed by atoms with van der Waals surface area (Å²) in [4.78, 5) is 18.1. The van der Waals surface area contributed by atoms with Crippen LogP contribution in [0.1, 0.15) is 10.5 Å². The van der Waals surface area contributed by atoms with Gasteiger partial charge in [0.25, 0.3) is 0 Å². The van der Waals surface area contributed by atoms with Gasteiger partial charge in [-0.25, -0.2) is 9.78 Å². The van der Waals surface area contributed by atoms with Crippen LogP contribution in [0.3, 0.4) is 0 Å². The summed E-state index contributed by atoms with van der Waals surface area (Å²) in [6.07, 6.45) is 4.23. The molecular formula is C9H7LiN2O3. The van der Waals surface area contributed by atoms with Gasteiger partial charge in [-0.05, 0) is 12.1 Å². The number of hydrogen-bond acceptors (Lipinski definition) is 4. The van der Waals surface area contributed by atoms with Crippen molar-refractivity contribution in [2.45, 2.75) is 0 Å². The van der Waals surface area contributed by atoms with E-state index in [0.29, 0.717) is 5.56 Å². The molecule has 0 amide bonds. The van der Waals surface area contributed by atoms with Gasteiger partial charge in [-0.3, -0.25) is 4.98 Å². The Labute approximate surface area is 97.3 Å². The minimum absolute atomic E-state index is 0. The molecule has 0 atom stereocenters. The number of carboxylic acids is 1. The van der Waals surface area contributed by atoms with Gasteiger partial charge >= 0.3 is 24.8 Å². The van der Waals surface area contributed by atoms with Gasteiger partial charge in [0.15, 0.2) is 17.8 Å². The van der Waals surface area contributed by atoms with Gasteiger partial charge in [0, 0.05) is 18.0 Å². The molecule has 1 N–H and O–H groups in total. The van der Waals surface area contributed by atoms with Crippen molar-refractivity contribution in [3.63, 3.8) is 0 Å². The van der Waals surface area contributed by atoms with Crippen molar-refractivity contribution >= 4 is 24.8 Å². The standard InChI is InChI=1S/C9H6N2O3.Li.H/c12-9(13)7-8(14-5-11-7)6-1-3-10-4-2-6;;/h1-5H,(H,12,13);;. The van der Waals surface area contributed by atoms with Crippen LogP contribution in [-0.2, 0) is 0 Å². The third-order valence-electron chi connectivity index (χ3n) is 1.71. The fraction of sp³-hybridized carbons (Fsp3) is 0.